The molecule has 2 heterocycles. The van der Waals surface area contributed by atoms with Crippen molar-refractivity contribution in [1.29, 1.82) is 0 Å². The van der Waals surface area contributed by atoms with E-state index in [9.17, 15) is 9.59 Å². The Labute approximate surface area is 167 Å². The Morgan fingerprint density at radius 3 is 2.54 bits per heavy atom. The van der Waals surface area contributed by atoms with Gasteiger partial charge in [0.15, 0.2) is 4.80 Å². The summed E-state index contributed by atoms with van der Waals surface area (Å²) in [6, 6.07) is 5.51. The van der Waals surface area contributed by atoms with Crippen LogP contribution in [-0.2, 0) is 16.1 Å². The summed E-state index contributed by atoms with van der Waals surface area (Å²) in [6.45, 7) is 3.91. The van der Waals surface area contributed by atoms with E-state index in [1.807, 2.05) is 26.0 Å². The van der Waals surface area contributed by atoms with E-state index < -0.39 is 11.9 Å². The maximum atomic E-state index is 12.6. The minimum Gasteiger partial charge on any atom is -0.468 e. The number of carbonyl (C=O) groups is 2. The molecule has 0 unspecified atom stereocenters. The molecule has 1 aromatic carbocycles. The molecule has 0 radical (unpaired) electrons. The van der Waals surface area contributed by atoms with Gasteiger partial charge in [-0.2, -0.15) is 4.99 Å². The second-order valence-electron chi connectivity index (χ2n) is 5.63. The molecular formula is C17H14Cl2N2O3S2. The third kappa shape index (κ3) is 3.71. The Morgan fingerprint density at radius 2 is 1.92 bits per heavy atom. The Balaban J connectivity index is 2.22. The largest absolute Gasteiger partial charge is 0.468 e. The van der Waals surface area contributed by atoms with Crippen molar-refractivity contribution in [2.75, 3.05) is 7.11 Å². The van der Waals surface area contributed by atoms with Crippen molar-refractivity contribution in [2.45, 2.75) is 20.4 Å². The summed E-state index contributed by atoms with van der Waals surface area (Å²) in [7, 11) is 1.32. The number of hydrogen-bond donors (Lipinski definition) is 0. The second kappa shape index (κ2) is 7.52. The SMILES string of the molecule is COC(=O)Cn1c(=NC(=O)c2cc(Cl)sc2Cl)sc2cc(C)cc(C)c21. The standard InChI is InChI=1S/C17H14Cl2N2O3S2/c1-8-4-9(2)14-11(5-8)25-17(21(14)7-13(22)24-3)20-16(23)10-6-12(18)26-15(10)19/h4-6H,7H2,1-3H3. The summed E-state index contributed by atoms with van der Waals surface area (Å²) < 4.78 is 8.12. The van der Waals surface area contributed by atoms with Gasteiger partial charge in [-0.3, -0.25) is 9.59 Å². The van der Waals surface area contributed by atoms with Crippen molar-refractivity contribution in [3.05, 3.63) is 48.4 Å². The zero-order valence-corrected chi connectivity index (χ0v) is 17.3. The third-order valence-electron chi connectivity index (χ3n) is 3.71. The van der Waals surface area contributed by atoms with Crippen LogP contribution in [0.3, 0.4) is 0 Å². The highest BCUT2D eigenvalue weighted by molar-refractivity contribution is 7.20. The number of carbonyl (C=O) groups excluding carboxylic acids is 2. The Kier molecular flexibility index (Phi) is 5.53. The van der Waals surface area contributed by atoms with E-state index in [1.54, 1.807) is 4.57 Å². The lowest BCUT2D eigenvalue weighted by Gasteiger charge is -2.06. The molecule has 0 saturated heterocycles. The number of hydrogen-bond acceptors (Lipinski definition) is 5. The van der Waals surface area contributed by atoms with Crippen LogP contribution in [0.4, 0.5) is 0 Å². The average Bonchev–Trinajstić information content (AvgIpc) is 3.06. The van der Waals surface area contributed by atoms with Crippen LogP contribution in [0.1, 0.15) is 21.5 Å². The molecule has 0 N–H and O–H groups in total. The summed E-state index contributed by atoms with van der Waals surface area (Å²) in [5, 5.41) is 0. The summed E-state index contributed by atoms with van der Waals surface area (Å²) in [6.07, 6.45) is 0. The van der Waals surface area contributed by atoms with Crippen molar-refractivity contribution in [2.24, 2.45) is 4.99 Å². The number of esters is 1. The van der Waals surface area contributed by atoms with Gasteiger partial charge < -0.3 is 9.30 Å². The molecule has 2 aromatic heterocycles. The molecule has 0 spiro atoms. The molecule has 0 aliphatic heterocycles. The van der Waals surface area contributed by atoms with Gasteiger partial charge in [-0.15, -0.1) is 11.3 Å². The van der Waals surface area contributed by atoms with Crippen LogP contribution in [0.5, 0.6) is 0 Å². The van der Waals surface area contributed by atoms with Gasteiger partial charge in [0.2, 0.25) is 0 Å². The lowest BCUT2D eigenvalue weighted by molar-refractivity contribution is -0.141. The number of aromatic nitrogens is 1. The summed E-state index contributed by atoms with van der Waals surface area (Å²) in [4.78, 5) is 29.0. The van der Waals surface area contributed by atoms with Gasteiger partial charge in [0.25, 0.3) is 5.91 Å². The molecule has 0 saturated carbocycles. The fourth-order valence-electron chi connectivity index (χ4n) is 2.65. The van der Waals surface area contributed by atoms with Crippen LogP contribution < -0.4 is 4.80 Å². The molecule has 1 amide bonds. The lowest BCUT2D eigenvalue weighted by Crippen LogP contribution is -2.22. The van der Waals surface area contributed by atoms with Crippen molar-refractivity contribution >= 4 is 68.0 Å². The molecular weight excluding hydrogens is 415 g/mol. The normalized spacial score (nSPS) is 12.0. The van der Waals surface area contributed by atoms with E-state index in [0.29, 0.717) is 9.14 Å². The van der Waals surface area contributed by atoms with Crippen molar-refractivity contribution in [3.63, 3.8) is 0 Å². The number of aryl methyl sites for hydroxylation is 2. The van der Waals surface area contributed by atoms with E-state index in [-0.39, 0.29) is 16.4 Å². The Morgan fingerprint density at radius 1 is 1.19 bits per heavy atom. The van der Waals surface area contributed by atoms with E-state index in [2.05, 4.69) is 4.99 Å². The van der Waals surface area contributed by atoms with E-state index >= 15 is 0 Å². The molecule has 0 fully saturated rings. The maximum absolute atomic E-state index is 12.6. The number of amides is 1. The minimum absolute atomic E-state index is 0.0371. The van der Waals surface area contributed by atoms with Gasteiger partial charge in [-0.25, -0.2) is 0 Å². The predicted octanol–water partition coefficient (Wildman–Crippen LogP) is 4.60. The molecule has 26 heavy (non-hydrogen) atoms. The van der Waals surface area contributed by atoms with E-state index in [1.165, 1.54) is 24.5 Å². The fraction of sp³-hybridized carbons (Fsp3) is 0.235. The number of rotatable bonds is 3. The molecule has 3 aromatic rings. The minimum atomic E-state index is -0.502. The van der Waals surface area contributed by atoms with Gasteiger partial charge in [0, 0.05) is 0 Å². The number of thiazole rings is 1. The smallest absolute Gasteiger partial charge is 0.325 e. The van der Waals surface area contributed by atoms with Gasteiger partial charge >= 0.3 is 5.97 Å². The highest BCUT2D eigenvalue weighted by atomic mass is 35.5. The highest BCUT2D eigenvalue weighted by Crippen LogP contribution is 2.31. The molecule has 3 rings (SSSR count). The molecule has 136 valence electrons. The van der Waals surface area contributed by atoms with Crippen molar-refractivity contribution in [1.82, 2.24) is 4.57 Å². The first-order chi connectivity index (χ1) is 12.3. The number of halogens is 2. The van der Waals surface area contributed by atoms with Gasteiger partial charge in [0.1, 0.15) is 10.9 Å². The molecule has 5 nitrogen and oxygen atoms in total. The van der Waals surface area contributed by atoms with Crippen LogP contribution in [0.25, 0.3) is 10.2 Å². The zero-order valence-electron chi connectivity index (χ0n) is 14.1. The summed E-state index contributed by atoms with van der Waals surface area (Å²) >= 11 is 14.4. The molecule has 0 bridgehead atoms. The third-order valence-corrected chi connectivity index (χ3v) is 6.22. The van der Waals surface area contributed by atoms with Crippen LogP contribution >= 0.6 is 45.9 Å². The predicted molar refractivity (Wildman–Crippen MR) is 106 cm³/mol. The van der Waals surface area contributed by atoms with Crippen LogP contribution in [-0.4, -0.2) is 23.6 Å². The number of fused-ring (bicyclic) bond motifs is 1. The number of benzene rings is 1. The number of thiophene rings is 1. The van der Waals surface area contributed by atoms with Crippen molar-refractivity contribution < 1.29 is 14.3 Å². The molecule has 9 heteroatoms. The van der Waals surface area contributed by atoms with Crippen molar-refractivity contribution in [3.8, 4) is 0 Å². The van der Waals surface area contributed by atoms with Crippen LogP contribution in [0.15, 0.2) is 23.2 Å². The van der Waals surface area contributed by atoms with Gasteiger partial charge in [0.05, 0.1) is 27.2 Å². The lowest BCUT2D eigenvalue weighted by atomic mass is 10.1. The first-order valence-electron chi connectivity index (χ1n) is 7.51. The van der Waals surface area contributed by atoms with Gasteiger partial charge in [-0.1, -0.05) is 40.6 Å². The maximum Gasteiger partial charge on any atom is 0.325 e. The Bertz CT molecular complexity index is 1100. The zero-order chi connectivity index (χ0) is 19.0. The topological polar surface area (TPSA) is 60.7 Å². The number of ether oxygens (including phenoxy) is 1. The summed E-state index contributed by atoms with van der Waals surface area (Å²) in [5.41, 5.74) is 3.18. The van der Waals surface area contributed by atoms with E-state index in [4.69, 9.17) is 27.9 Å². The fourth-order valence-corrected chi connectivity index (χ4v) is 5.30. The first kappa shape index (κ1) is 19.1. The monoisotopic (exact) mass is 428 g/mol. The first-order valence-corrected chi connectivity index (χ1v) is 9.90. The molecule has 0 atom stereocenters. The number of nitrogens with zero attached hydrogens (tertiary/aromatic N) is 2. The average molecular weight is 429 g/mol. The van der Waals surface area contributed by atoms with Crippen LogP contribution in [0.2, 0.25) is 8.67 Å². The quantitative estimate of drug-likeness (QED) is 0.572. The van der Waals surface area contributed by atoms with Gasteiger partial charge in [-0.05, 0) is 37.1 Å². The second-order valence-corrected chi connectivity index (χ2v) is 8.93. The van der Waals surface area contributed by atoms with E-state index in [0.717, 1.165) is 32.7 Å². The Hall–Kier alpha value is -1.67. The number of methoxy groups -OCH3 is 1. The highest BCUT2D eigenvalue weighted by Gasteiger charge is 2.17. The molecule has 0 aliphatic rings. The summed E-state index contributed by atoms with van der Waals surface area (Å²) in [5.74, 6) is -0.923. The molecule has 0 aliphatic carbocycles. The van der Waals surface area contributed by atoms with Crippen LogP contribution in [0, 0.1) is 13.8 Å².